The van der Waals surface area contributed by atoms with Crippen LogP contribution in [0.3, 0.4) is 0 Å². The molecule has 0 aliphatic carbocycles. The van der Waals surface area contributed by atoms with E-state index in [1.807, 2.05) is 30.3 Å². The van der Waals surface area contributed by atoms with E-state index >= 15 is 0 Å². The molecule has 0 unspecified atom stereocenters. The van der Waals surface area contributed by atoms with Gasteiger partial charge >= 0.3 is 0 Å². The van der Waals surface area contributed by atoms with Gasteiger partial charge in [-0.2, -0.15) is 0 Å². The monoisotopic (exact) mass is 420 g/mol. The third kappa shape index (κ3) is 4.96. The van der Waals surface area contributed by atoms with Crippen LogP contribution in [-0.4, -0.2) is 24.9 Å². The van der Waals surface area contributed by atoms with Gasteiger partial charge in [0.2, 0.25) is 11.8 Å². The quantitative estimate of drug-likeness (QED) is 0.585. The average molecular weight is 421 g/mol. The van der Waals surface area contributed by atoms with Crippen LogP contribution in [0.5, 0.6) is 0 Å². The molecule has 1 aliphatic rings. The minimum atomic E-state index is -0.00533. The Balaban J connectivity index is 1.30. The van der Waals surface area contributed by atoms with Crippen LogP contribution in [0.15, 0.2) is 72.1 Å². The summed E-state index contributed by atoms with van der Waals surface area (Å²) in [5, 5.41) is 7.27. The number of rotatable bonds is 8. The lowest BCUT2D eigenvalue weighted by atomic mass is 10.1. The van der Waals surface area contributed by atoms with Gasteiger partial charge in [-0.25, -0.2) is 0 Å². The first-order chi connectivity index (χ1) is 14.7. The lowest BCUT2D eigenvalue weighted by Gasteiger charge is -2.16. The second-order valence-electron chi connectivity index (χ2n) is 7.42. The van der Waals surface area contributed by atoms with Gasteiger partial charge in [0.05, 0.1) is 17.8 Å². The fourth-order valence-electron chi connectivity index (χ4n) is 3.80. The number of hydrogen-bond donors (Lipinski definition) is 2. The third-order valence-electron chi connectivity index (χ3n) is 5.32. The van der Waals surface area contributed by atoms with Crippen LogP contribution in [0.1, 0.15) is 35.7 Å². The molecule has 30 heavy (non-hydrogen) atoms. The smallest absolute Gasteiger partial charge is 0.230 e. The summed E-state index contributed by atoms with van der Waals surface area (Å²) in [5.74, 6) is 0.162. The van der Waals surface area contributed by atoms with E-state index in [1.165, 1.54) is 10.4 Å². The maximum Gasteiger partial charge on any atom is 0.230 e. The van der Waals surface area contributed by atoms with Gasteiger partial charge in [-0.15, -0.1) is 11.3 Å². The number of amides is 2. The van der Waals surface area contributed by atoms with Crippen molar-refractivity contribution < 1.29 is 14.9 Å². The molecule has 1 fully saturated rings. The molecular formula is C24H26N3O2S+. The van der Waals surface area contributed by atoms with Crippen LogP contribution in [0, 0.1) is 0 Å². The molecule has 3 N–H and O–H groups in total. The van der Waals surface area contributed by atoms with Gasteiger partial charge in [-0.05, 0) is 42.1 Å². The van der Waals surface area contributed by atoms with Crippen molar-refractivity contribution >= 4 is 34.5 Å². The van der Waals surface area contributed by atoms with Crippen molar-refractivity contribution in [2.75, 3.05) is 23.3 Å². The molecule has 0 saturated carbocycles. The molecule has 154 valence electrons. The first-order valence-electron chi connectivity index (χ1n) is 10.3. The molecule has 1 atom stereocenters. The topological polar surface area (TPSA) is 66.0 Å². The molecule has 3 aromatic rings. The van der Waals surface area contributed by atoms with E-state index in [9.17, 15) is 9.59 Å². The Morgan fingerprint density at radius 3 is 2.53 bits per heavy atom. The molecule has 0 radical (unpaired) electrons. The maximum absolute atomic E-state index is 12.4. The number of carbonyl (C=O) groups is 2. The van der Waals surface area contributed by atoms with Crippen LogP contribution in [0.25, 0.3) is 0 Å². The predicted molar refractivity (Wildman–Crippen MR) is 121 cm³/mol. The standard InChI is InChI=1S/C24H25N3O2S/c28-22(26-19-10-12-20(13-11-19)27-16-4-9-23(27)29)14-15-25-24(21-8-5-17-30-21)18-6-2-1-3-7-18/h1-3,5-8,10-13,17,24-25H,4,9,14-16H2,(H,26,28)/p+1/t24-/m1/s1. The van der Waals surface area contributed by atoms with E-state index in [1.54, 1.807) is 16.2 Å². The van der Waals surface area contributed by atoms with Gasteiger partial charge in [0, 0.05) is 29.9 Å². The number of quaternary nitrogens is 1. The zero-order valence-corrected chi connectivity index (χ0v) is 17.6. The van der Waals surface area contributed by atoms with Crippen LogP contribution < -0.4 is 15.5 Å². The summed E-state index contributed by atoms with van der Waals surface area (Å²) < 4.78 is 0. The van der Waals surface area contributed by atoms with E-state index < -0.39 is 0 Å². The Hall–Kier alpha value is -2.96. The molecule has 1 aliphatic heterocycles. The third-order valence-corrected chi connectivity index (χ3v) is 6.27. The molecule has 5 nitrogen and oxygen atoms in total. The molecule has 4 rings (SSSR count). The summed E-state index contributed by atoms with van der Waals surface area (Å²) in [6, 6.07) is 22.3. The molecule has 1 saturated heterocycles. The fourth-order valence-corrected chi connectivity index (χ4v) is 4.65. The first kappa shape index (κ1) is 20.3. The Morgan fingerprint density at radius 2 is 1.87 bits per heavy atom. The zero-order valence-electron chi connectivity index (χ0n) is 16.8. The van der Waals surface area contributed by atoms with Crippen molar-refractivity contribution in [2.45, 2.75) is 25.3 Å². The number of anilines is 2. The predicted octanol–water partition coefficient (Wildman–Crippen LogP) is 3.56. The maximum atomic E-state index is 12.4. The second kappa shape index (κ2) is 9.69. The Labute approximate surface area is 180 Å². The molecule has 1 aromatic heterocycles. The van der Waals surface area contributed by atoms with Crippen molar-refractivity contribution in [3.63, 3.8) is 0 Å². The van der Waals surface area contributed by atoms with Crippen molar-refractivity contribution in [2.24, 2.45) is 0 Å². The Bertz CT molecular complexity index is 971. The summed E-state index contributed by atoms with van der Waals surface area (Å²) in [4.78, 5) is 27.4. The number of carbonyl (C=O) groups excluding carboxylic acids is 2. The Kier molecular flexibility index (Phi) is 6.57. The molecule has 2 amide bonds. The number of nitrogens with zero attached hydrogens (tertiary/aromatic N) is 1. The van der Waals surface area contributed by atoms with Crippen LogP contribution in [0.4, 0.5) is 11.4 Å². The highest BCUT2D eigenvalue weighted by molar-refractivity contribution is 7.10. The average Bonchev–Trinajstić information content (AvgIpc) is 3.44. The lowest BCUT2D eigenvalue weighted by Crippen LogP contribution is -2.85. The number of thiophene rings is 1. The van der Waals surface area contributed by atoms with E-state index in [0.717, 1.165) is 24.3 Å². The summed E-state index contributed by atoms with van der Waals surface area (Å²) in [7, 11) is 0. The van der Waals surface area contributed by atoms with Gasteiger partial charge in [-0.3, -0.25) is 9.59 Å². The minimum absolute atomic E-state index is 0.00533. The van der Waals surface area contributed by atoms with Gasteiger partial charge in [0.1, 0.15) is 6.04 Å². The molecule has 2 aromatic carbocycles. The summed E-state index contributed by atoms with van der Waals surface area (Å²) in [6.07, 6.45) is 1.95. The van der Waals surface area contributed by atoms with Crippen LogP contribution in [-0.2, 0) is 9.59 Å². The van der Waals surface area contributed by atoms with Crippen molar-refractivity contribution in [1.29, 1.82) is 0 Å². The van der Waals surface area contributed by atoms with Crippen LogP contribution in [0.2, 0.25) is 0 Å². The van der Waals surface area contributed by atoms with Gasteiger partial charge < -0.3 is 15.5 Å². The van der Waals surface area contributed by atoms with Crippen LogP contribution >= 0.6 is 11.3 Å². The number of nitrogens with two attached hydrogens (primary N) is 1. The first-order valence-corrected chi connectivity index (χ1v) is 11.2. The highest BCUT2D eigenvalue weighted by Crippen LogP contribution is 2.24. The normalized spacial score (nSPS) is 14.7. The lowest BCUT2D eigenvalue weighted by molar-refractivity contribution is -0.685. The summed E-state index contributed by atoms with van der Waals surface area (Å²) in [6.45, 7) is 1.47. The highest BCUT2D eigenvalue weighted by atomic mass is 32.1. The zero-order chi connectivity index (χ0) is 20.8. The molecule has 2 heterocycles. The molecular weight excluding hydrogens is 394 g/mol. The fraction of sp³-hybridized carbons (Fsp3) is 0.250. The number of hydrogen-bond acceptors (Lipinski definition) is 3. The highest BCUT2D eigenvalue weighted by Gasteiger charge is 2.21. The SMILES string of the molecule is O=C(CC[NH2+][C@H](c1ccccc1)c1cccs1)Nc1ccc(N2CCCC2=O)cc1. The van der Waals surface area contributed by atoms with Gasteiger partial charge in [0.25, 0.3) is 0 Å². The van der Waals surface area contributed by atoms with Gasteiger partial charge in [0.15, 0.2) is 0 Å². The summed E-state index contributed by atoms with van der Waals surface area (Å²) in [5.41, 5.74) is 2.89. The Morgan fingerprint density at radius 1 is 1.07 bits per heavy atom. The largest absolute Gasteiger partial charge is 0.335 e. The second-order valence-corrected chi connectivity index (χ2v) is 8.40. The van der Waals surface area contributed by atoms with E-state index in [2.05, 4.69) is 52.4 Å². The van der Waals surface area contributed by atoms with Gasteiger partial charge in [-0.1, -0.05) is 36.4 Å². The minimum Gasteiger partial charge on any atom is -0.335 e. The van der Waals surface area contributed by atoms with E-state index in [0.29, 0.717) is 19.4 Å². The summed E-state index contributed by atoms with van der Waals surface area (Å²) >= 11 is 1.74. The van der Waals surface area contributed by atoms with Crippen molar-refractivity contribution in [3.05, 3.63) is 82.6 Å². The van der Waals surface area contributed by atoms with Crippen molar-refractivity contribution in [3.8, 4) is 0 Å². The van der Waals surface area contributed by atoms with E-state index in [-0.39, 0.29) is 17.9 Å². The molecule has 6 heteroatoms. The molecule has 0 bridgehead atoms. The number of benzene rings is 2. The number of nitrogens with one attached hydrogen (secondary N) is 1. The van der Waals surface area contributed by atoms with Crippen molar-refractivity contribution in [1.82, 2.24) is 0 Å². The van der Waals surface area contributed by atoms with E-state index in [4.69, 9.17) is 0 Å². The molecule has 0 spiro atoms.